The summed E-state index contributed by atoms with van der Waals surface area (Å²) in [5, 5.41) is 0. The minimum atomic E-state index is -0.234. The highest BCUT2D eigenvalue weighted by atomic mass is 16.6. The van der Waals surface area contributed by atoms with Crippen molar-refractivity contribution in [2.45, 2.75) is 105 Å². The first-order chi connectivity index (χ1) is 10.9. The normalized spacial score (nSPS) is 32.8. The lowest BCUT2D eigenvalue weighted by Crippen LogP contribution is -2.49. The summed E-state index contributed by atoms with van der Waals surface area (Å²) in [6.45, 7) is 15.4. The van der Waals surface area contributed by atoms with E-state index in [2.05, 4.69) is 48.5 Å². The molecule has 0 aromatic rings. The maximum Gasteiger partial charge on any atom is 0.310 e. The van der Waals surface area contributed by atoms with Crippen LogP contribution in [-0.4, -0.2) is 11.6 Å². The van der Waals surface area contributed by atoms with E-state index in [-0.39, 0.29) is 28.3 Å². The van der Waals surface area contributed by atoms with E-state index in [4.69, 9.17) is 4.74 Å². The van der Waals surface area contributed by atoms with Gasteiger partial charge in [0.2, 0.25) is 0 Å². The van der Waals surface area contributed by atoms with Gasteiger partial charge in [-0.15, -0.1) is 0 Å². The lowest BCUT2D eigenvalue weighted by Gasteiger charge is -2.48. The average Bonchev–Trinajstić information content (AvgIpc) is 2.43. The zero-order valence-corrected chi connectivity index (χ0v) is 17.2. The van der Waals surface area contributed by atoms with Crippen molar-refractivity contribution in [1.29, 1.82) is 0 Å². The number of hydrogen-bond acceptors (Lipinski definition) is 2. The van der Waals surface area contributed by atoms with Gasteiger partial charge in [0.15, 0.2) is 0 Å². The Hall–Kier alpha value is -0.530. The van der Waals surface area contributed by atoms with Crippen molar-refractivity contribution in [3.8, 4) is 0 Å². The first-order valence-corrected chi connectivity index (χ1v) is 10.2. The van der Waals surface area contributed by atoms with Crippen LogP contribution in [0.1, 0.15) is 99.8 Å². The second-order valence-corrected chi connectivity index (χ2v) is 11.0. The van der Waals surface area contributed by atoms with Crippen molar-refractivity contribution >= 4 is 5.97 Å². The molecule has 2 fully saturated rings. The van der Waals surface area contributed by atoms with E-state index in [0.29, 0.717) is 5.92 Å². The Kier molecular flexibility index (Phi) is 5.77. The minimum absolute atomic E-state index is 0.0294. The number of esters is 1. The van der Waals surface area contributed by atoms with E-state index < -0.39 is 0 Å². The lowest BCUT2D eigenvalue weighted by molar-refractivity contribution is -0.184. The number of ether oxygens (including phenoxy) is 1. The monoisotopic (exact) mass is 336 g/mol. The molecule has 2 nitrogen and oxygen atoms in total. The Labute approximate surface area is 150 Å². The van der Waals surface area contributed by atoms with Crippen LogP contribution in [0, 0.1) is 28.6 Å². The van der Waals surface area contributed by atoms with Crippen molar-refractivity contribution in [3.63, 3.8) is 0 Å². The van der Waals surface area contributed by atoms with Crippen molar-refractivity contribution < 1.29 is 9.53 Å². The molecule has 0 aromatic carbocycles. The quantitative estimate of drug-likeness (QED) is 0.559. The third-order valence-electron chi connectivity index (χ3n) is 6.42. The minimum Gasteiger partial charge on any atom is -0.459 e. The molecule has 0 spiro atoms. The zero-order valence-electron chi connectivity index (χ0n) is 17.2. The Morgan fingerprint density at radius 3 is 2.21 bits per heavy atom. The molecular weight excluding hydrogens is 296 g/mol. The summed E-state index contributed by atoms with van der Waals surface area (Å²) in [6.07, 6.45) is 9.73. The van der Waals surface area contributed by atoms with Gasteiger partial charge in [0.25, 0.3) is 0 Å². The highest BCUT2D eigenvalue weighted by Gasteiger charge is 2.47. The lowest BCUT2D eigenvalue weighted by atomic mass is 9.63. The molecule has 0 radical (unpaired) electrons. The molecule has 0 amide bonds. The van der Waals surface area contributed by atoms with Crippen LogP contribution in [0.5, 0.6) is 0 Å². The first kappa shape index (κ1) is 19.8. The van der Waals surface area contributed by atoms with Crippen LogP contribution in [0.4, 0.5) is 0 Å². The fraction of sp³-hybridized carbons (Fsp3) is 0.955. The van der Waals surface area contributed by atoms with Crippen molar-refractivity contribution in [2.24, 2.45) is 28.6 Å². The standard InChI is InChI=1S/C22H40O2/c1-20(2,3)15-18(21(4,5)6)19(23)24-22(7)14-10-12-16-11-8-9-13-17(16)22/h16-18H,8-15H2,1-7H3. The Morgan fingerprint density at radius 2 is 1.62 bits per heavy atom. The van der Waals surface area contributed by atoms with Gasteiger partial charge in [0.05, 0.1) is 5.92 Å². The molecular formula is C22H40O2. The number of fused-ring (bicyclic) bond motifs is 1. The van der Waals surface area contributed by atoms with Gasteiger partial charge in [-0.05, 0) is 55.8 Å². The number of rotatable bonds is 3. The predicted molar refractivity (Wildman–Crippen MR) is 101 cm³/mol. The third-order valence-corrected chi connectivity index (χ3v) is 6.42. The molecule has 0 aromatic heterocycles. The van der Waals surface area contributed by atoms with Crippen molar-refractivity contribution in [1.82, 2.24) is 0 Å². The van der Waals surface area contributed by atoms with Crippen LogP contribution >= 0.6 is 0 Å². The summed E-state index contributed by atoms with van der Waals surface area (Å²) in [7, 11) is 0. The number of hydrogen-bond donors (Lipinski definition) is 0. The second-order valence-electron chi connectivity index (χ2n) is 11.0. The molecule has 2 aliphatic rings. The topological polar surface area (TPSA) is 26.3 Å². The van der Waals surface area contributed by atoms with Gasteiger partial charge in [0.1, 0.15) is 5.60 Å². The average molecular weight is 337 g/mol. The summed E-state index contributed by atoms with van der Waals surface area (Å²) in [6, 6.07) is 0. The molecule has 2 saturated carbocycles. The predicted octanol–water partition coefficient (Wildman–Crippen LogP) is 6.38. The van der Waals surface area contributed by atoms with E-state index in [0.717, 1.165) is 18.8 Å². The van der Waals surface area contributed by atoms with Gasteiger partial charge in [-0.2, -0.15) is 0 Å². The van der Waals surface area contributed by atoms with E-state index in [9.17, 15) is 4.79 Å². The Morgan fingerprint density at radius 1 is 1.04 bits per heavy atom. The van der Waals surface area contributed by atoms with Gasteiger partial charge in [-0.1, -0.05) is 60.8 Å². The van der Waals surface area contributed by atoms with Crippen molar-refractivity contribution in [3.05, 3.63) is 0 Å². The van der Waals surface area contributed by atoms with Crippen LogP contribution < -0.4 is 0 Å². The van der Waals surface area contributed by atoms with E-state index in [1.54, 1.807) is 0 Å². The largest absolute Gasteiger partial charge is 0.459 e. The van der Waals surface area contributed by atoms with Crippen LogP contribution in [0.2, 0.25) is 0 Å². The summed E-state index contributed by atoms with van der Waals surface area (Å²) in [4.78, 5) is 13.2. The Balaban J connectivity index is 2.15. The van der Waals surface area contributed by atoms with Gasteiger partial charge >= 0.3 is 5.97 Å². The highest BCUT2D eigenvalue weighted by molar-refractivity contribution is 5.74. The van der Waals surface area contributed by atoms with E-state index in [1.807, 2.05) is 0 Å². The van der Waals surface area contributed by atoms with Crippen LogP contribution in [0.25, 0.3) is 0 Å². The molecule has 0 heterocycles. The second kappa shape index (κ2) is 7.00. The number of carbonyl (C=O) groups is 1. The summed E-state index contributed by atoms with van der Waals surface area (Å²) < 4.78 is 6.34. The Bertz CT molecular complexity index is 438. The maximum atomic E-state index is 13.2. The van der Waals surface area contributed by atoms with Crippen molar-refractivity contribution in [2.75, 3.05) is 0 Å². The molecule has 0 N–H and O–H groups in total. The summed E-state index contributed by atoms with van der Waals surface area (Å²) in [5.41, 5.74) is -0.152. The highest BCUT2D eigenvalue weighted by Crippen LogP contribution is 2.48. The van der Waals surface area contributed by atoms with Gasteiger partial charge in [-0.25, -0.2) is 0 Å². The van der Waals surface area contributed by atoms with Gasteiger partial charge in [0, 0.05) is 5.92 Å². The van der Waals surface area contributed by atoms with E-state index in [1.165, 1.54) is 38.5 Å². The third kappa shape index (κ3) is 4.76. The van der Waals surface area contributed by atoms with E-state index >= 15 is 0 Å². The fourth-order valence-corrected chi connectivity index (χ4v) is 5.04. The molecule has 140 valence electrons. The molecule has 2 aliphatic carbocycles. The van der Waals surface area contributed by atoms with Crippen LogP contribution in [0.15, 0.2) is 0 Å². The van der Waals surface area contributed by atoms with Crippen LogP contribution in [0.3, 0.4) is 0 Å². The molecule has 0 saturated heterocycles. The SMILES string of the molecule is CC(C)(C)CC(C(=O)OC1(C)CCCC2CCCCC21)C(C)(C)C. The van der Waals surface area contributed by atoms with Gasteiger partial charge < -0.3 is 4.74 Å². The first-order valence-electron chi connectivity index (χ1n) is 10.2. The summed E-state index contributed by atoms with van der Waals surface area (Å²) >= 11 is 0. The smallest absolute Gasteiger partial charge is 0.310 e. The fourth-order valence-electron chi connectivity index (χ4n) is 5.04. The molecule has 24 heavy (non-hydrogen) atoms. The molecule has 4 atom stereocenters. The molecule has 2 heteroatoms. The molecule has 0 aliphatic heterocycles. The molecule has 4 unspecified atom stereocenters. The molecule has 2 rings (SSSR count). The number of carbonyl (C=O) groups excluding carboxylic acids is 1. The maximum absolute atomic E-state index is 13.2. The summed E-state index contributed by atoms with van der Waals surface area (Å²) in [5.74, 6) is 1.38. The zero-order chi connectivity index (χ0) is 18.2. The van der Waals surface area contributed by atoms with Crippen LogP contribution in [-0.2, 0) is 9.53 Å². The van der Waals surface area contributed by atoms with Gasteiger partial charge in [-0.3, -0.25) is 4.79 Å². The molecule has 0 bridgehead atoms.